The monoisotopic (exact) mass is 597 g/mol. The van der Waals surface area contributed by atoms with Crippen LogP contribution in [0.2, 0.25) is 15.2 Å². The number of rotatable bonds is 9. The van der Waals surface area contributed by atoms with Crippen LogP contribution in [0.4, 0.5) is 5.69 Å². The van der Waals surface area contributed by atoms with Gasteiger partial charge >= 0.3 is 0 Å². The maximum atomic E-state index is 6.70. The van der Waals surface area contributed by atoms with E-state index in [1.54, 1.807) is 56.7 Å². The van der Waals surface area contributed by atoms with E-state index in [4.69, 9.17) is 51.8 Å². The van der Waals surface area contributed by atoms with Crippen LogP contribution in [0.15, 0.2) is 84.0 Å². The number of aryl methyl sites for hydroxylation is 1. The minimum atomic E-state index is 0.118. The summed E-state index contributed by atoms with van der Waals surface area (Å²) in [6.07, 6.45) is 1.63. The first-order valence-corrected chi connectivity index (χ1v) is 13.3. The number of hydrogen-bond donors (Lipinski definition) is 1. The van der Waals surface area contributed by atoms with Crippen LogP contribution in [0.1, 0.15) is 17.1 Å². The Labute approximate surface area is 245 Å². The van der Waals surface area contributed by atoms with Crippen molar-refractivity contribution < 1.29 is 4.74 Å². The number of anilines is 1. The molecule has 2 heterocycles. The minimum absolute atomic E-state index is 0.118. The van der Waals surface area contributed by atoms with Crippen LogP contribution in [0, 0.1) is 11.7 Å². The zero-order chi connectivity index (χ0) is 27.4. The van der Waals surface area contributed by atoms with Gasteiger partial charge in [0.15, 0.2) is 5.82 Å². The van der Waals surface area contributed by atoms with Crippen LogP contribution in [0.25, 0.3) is 5.69 Å². The van der Waals surface area contributed by atoms with Gasteiger partial charge < -0.3 is 10.1 Å². The number of nitrogens with one attached hydrogen (secondary N) is 1. The van der Waals surface area contributed by atoms with E-state index >= 15 is 0 Å². The Balaban J connectivity index is 1.44. The van der Waals surface area contributed by atoms with Gasteiger partial charge in [-0.05, 0) is 79.8 Å². The lowest BCUT2D eigenvalue weighted by Crippen LogP contribution is -2.10. The zero-order valence-corrected chi connectivity index (χ0v) is 23.7. The average molecular weight is 599 g/mol. The number of halogens is 3. The first kappa shape index (κ1) is 27.0. The Morgan fingerprint density at radius 1 is 0.923 bits per heavy atom. The Kier molecular flexibility index (Phi) is 8.33. The van der Waals surface area contributed by atoms with E-state index in [1.807, 2.05) is 49.4 Å². The van der Waals surface area contributed by atoms with Gasteiger partial charge in [-0.3, -0.25) is 0 Å². The highest BCUT2D eigenvalue weighted by atomic mass is 35.5. The summed E-state index contributed by atoms with van der Waals surface area (Å²) in [5, 5.41) is 18.9. The van der Waals surface area contributed by atoms with E-state index in [2.05, 4.69) is 20.6 Å². The summed E-state index contributed by atoms with van der Waals surface area (Å²) in [5.41, 5.74) is 3.10. The normalized spacial score (nSPS) is 11.3. The molecule has 2 aromatic heterocycles. The fourth-order valence-electron chi connectivity index (χ4n) is 3.68. The first-order valence-electron chi connectivity index (χ1n) is 11.8. The summed E-state index contributed by atoms with van der Waals surface area (Å²) < 4.78 is 11.2. The molecule has 5 rings (SSSR count). The smallest absolute Gasteiger partial charge is 0.220 e. The molecule has 12 heteroatoms. The number of nitrogens with zero attached hydrogens (tertiary/aromatic N) is 6. The fraction of sp³-hybridized carbons (Fsp3) is 0.111. The molecule has 0 atom stereocenters. The lowest BCUT2D eigenvalue weighted by atomic mass is 10.3. The predicted molar refractivity (Wildman–Crippen MR) is 158 cm³/mol. The third-order valence-electron chi connectivity index (χ3n) is 5.69. The summed E-state index contributed by atoms with van der Waals surface area (Å²) in [7, 11) is 0. The number of aromatic nitrogens is 5. The van der Waals surface area contributed by atoms with E-state index in [0.717, 1.165) is 17.1 Å². The van der Waals surface area contributed by atoms with Crippen molar-refractivity contribution in [2.45, 2.75) is 20.2 Å². The summed E-state index contributed by atoms with van der Waals surface area (Å²) >= 11 is 24.4. The van der Waals surface area contributed by atoms with Gasteiger partial charge in [-0.2, -0.15) is 14.9 Å². The van der Waals surface area contributed by atoms with E-state index in [0.29, 0.717) is 43.8 Å². The van der Waals surface area contributed by atoms with Crippen molar-refractivity contribution in [2.24, 2.45) is 5.10 Å². The molecule has 0 bridgehead atoms. The molecule has 0 amide bonds. The van der Waals surface area contributed by atoms with Gasteiger partial charge in [0.25, 0.3) is 0 Å². The molecule has 0 unspecified atom stereocenters. The van der Waals surface area contributed by atoms with Crippen LogP contribution < -0.4 is 10.1 Å². The van der Waals surface area contributed by atoms with Crippen LogP contribution in [0.3, 0.4) is 0 Å². The summed E-state index contributed by atoms with van der Waals surface area (Å²) in [6, 6.07) is 24.1. The highest BCUT2D eigenvalue weighted by molar-refractivity contribution is 7.71. The van der Waals surface area contributed by atoms with E-state index in [1.165, 1.54) is 0 Å². The summed E-state index contributed by atoms with van der Waals surface area (Å²) in [4.78, 5) is 0. The van der Waals surface area contributed by atoms with Crippen molar-refractivity contribution in [3.8, 4) is 11.4 Å². The van der Waals surface area contributed by atoms with Crippen LogP contribution in [-0.4, -0.2) is 30.5 Å². The second-order valence-corrected chi connectivity index (χ2v) is 9.97. The molecule has 0 aliphatic rings. The second kappa shape index (κ2) is 12.0. The molecule has 0 spiro atoms. The molecule has 0 saturated carbocycles. The molecule has 198 valence electrons. The van der Waals surface area contributed by atoms with Crippen molar-refractivity contribution in [2.75, 3.05) is 5.32 Å². The topological polar surface area (TPSA) is 74.2 Å². The van der Waals surface area contributed by atoms with Crippen molar-refractivity contribution in [1.82, 2.24) is 24.2 Å². The summed E-state index contributed by atoms with van der Waals surface area (Å²) in [6.45, 7) is 2.30. The average Bonchev–Trinajstić information content (AvgIpc) is 3.41. The molecule has 3 aromatic carbocycles. The molecule has 39 heavy (non-hydrogen) atoms. The largest absolute Gasteiger partial charge is 0.486 e. The third kappa shape index (κ3) is 6.34. The quantitative estimate of drug-likeness (QED) is 0.141. The van der Waals surface area contributed by atoms with Gasteiger partial charge in [-0.15, -0.1) is 5.10 Å². The van der Waals surface area contributed by atoms with Crippen molar-refractivity contribution in [3.05, 3.63) is 116 Å². The molecule has 1 N–H and O–H groups in total. The number of para-hydroxylation sites is 1. The third-order valence-corrected chi connectivity index (χ3v) is 6.94. The van der Waals surface area contributed by atoms with Crippen LogP contribution in [0.5, 0.6) is 5.75 Å². The second-order valence-electron chi connectivity index (χ2n) is 8.38. The van der Waals surface area contributed by atoms with Crippen LogP contribution in [-0.2, 0) is 13.3 Å². The van der Waals surface area contributed by atoms with Gasteiger partial charge in [0.2, 0.25) is 4.77 Å². The Morgan fingerprint density at radius 3 is 2.28 bits per heavy atom. The standard InChI is InChI=1S/C27H22Cl3N7OS/c1-18-24(26(30)36(33-18)22-5-3-2-4-6-22)15-32-37-25(16-38-23-13-9-20(29)10-14-23)34-35(27(37)39)17-31-21-11-7-19(28)8-12-21/h2-15,31H,16-17H2,1H3/b32-15+. The molecule has 0 aliphatic heterocycles. The zero-order valence-electron chi connectivity index (χ0n) is 20.6. The maximum Gasteiger partial charge on any atom is 0.220 e. The Hall–Kier alpha value is -3.63. The molecule has 0 fully saturated rings. The highest BCUT2D eigenvalue weighted by Crippen LogP contribution is 2.22. The minimum Gasteiger partial charge on any atom is -0.486 e. The van der Waals surface area contributed by atoms with Crippen molar-refractivity contribution >= 4 is 58.9 Å². The molecule has 0 saturated heterocycles. The van der Waals surface area contributed by atoms with Gasteiger partial charge in [0.05, 0.1) is 23.2 Å². The summed E-state index contributed by atoms with van der Waals surface area (Å²) in [5.74, 6) is 1.13. The first-order chi connectivity index (χ1) is 18.9. The lowest BCUT2D eigenvalue weighted by molar-refractivity contribution is 0.290. The van der Waals surface area contributed by atoms with E-state index < -0.39 is 0 Å². The van der Waals surface area contributed by atoms with Gasteiger partial charge in [-0.25, -0.2) is 9.36 Å². The van der Waals surface area contributed by atoms with Crippen molar-refractivity contribution in [3.63, 3.8) is 0 Å². The van der Waals surface area contributed by atoms with Gasteiger partial charge in [0, 0.05) is 15.7 Å². The molecular weight excluding hydrogens is 577 g/mol. The molecule has 0 aliphatic carbocycles. The van der Waals surface area contributed by atoms with E-state index in [9.17, 15) is 0 Å². The fourth-order valence-corrected chi connectivity index (χ4v) is 4.51. The predicted octanol–water partition coefficient (Wildman–Crippen LogP) is 7.40. The number of hydrogen-bond acceptors (Lipinski definition) is 6. The molecule has 8 nitrogen and oxygen atoms in total. The SMILES string of the molecule is Cc1nn(-c2ccccc2)c(Cl)c1/C=N/n1c(COc2ccc(Cl)cc2)nn(CNc2ccc(Cl)cc2)c1=S. The number of ether oxygens (including phenoxy) is 1. The highest BCUT2D eigenvalue weighted by Gasteiger charge is 2.15. The number of benzene rings is 3. The van der Waals surface area contributed by atoms with Gasteiger partial charge in [0.1, 0.15) is 24.2 Å². The van der Waals surface area contributed by atoms with Gasteiger partial charge in [-0.1, -0.05) is 53.0 Å². The molecule has 0 radical (unpaired) electrons. The lowest BCUT2D eigenvalue weighted by Gasteiger charge is -2.06. The maximum absolute atomic E-state index is 6.70. The molecular formula is C27H22Cl3N7OS. The van der Waals surface area contributed by atoms with E-state index in [-0.39, 0.29) is 6.61 Å². The Morgan fingerprint density at radius 2 is 1.59 bits per heavy atom. The molecule has 5 aromatic rings. The Bertz CT molecular complexity index is 1660. The van der Waals surface area contributed by atoms with Crippen molar-refractivity contribution in [1.29, 1.82) is 0 Å². The van der Waals surface area contributed by atoms with Crippen LogP contribution >= 0.6 is 47.0 Å².